The van der Waals surface area contributed by atoms with E-state index < -0.39 is 0 Å². The van der Waals surface area contributed by atoms with Crippen molar-refractivity contribution < 1.29 is 4.74 Å². The fraction of sp³-hybridized carbons (Fsp3) is 0.812. The van der Waals surface area contributed by atoms with E-state index in [0.717, 1.165) is 29.8 Å². The summed E-state index contributed by atoms with van der Waals surface area (Å²) in [5.74, 6) is 0.862. The van der Waals surface area contributed by atoms with Crippen LogP contribution in [0.5, 0.6) is 0 Å². The molecule has 0 aliphatic heterocycles. The van der Waals surface area contributed by atoms with Gasteiger partial charge >= 0.3 is 0 Å². The number of ether oxygens (including phenoxy) is 1. The molecule has 21 heavy (non-hydrogen) atoms. The summed E-state index contributed by atoms with van der Waals surface area (Å²) in [5.41, 5.74) is 1.20. The van der Waals surface area contributed by atoms with Crippen molar-refractivity contribution in [2.75, 3.05) is 25.6 Å². The van der Waals surface area contributed by atoms with Crippen LogP contribution in [-0.2, 0) is 17.9 Å². The van der Waals surface area contributed by atoms with E-state index in [4.69, 9.17) is 9.72 Å². The molecule has 0 spiro atoms. The molecule has 5 heteroatoms. The molecule has 0 unspecified atom stereocenters. The molecule has 0 radical (unpaired) electrons. The predicted octanol–water partition coefficient (Wildman–Crippen LogP) is 3.41. The van der Waals surface area contributed by atoms with Crippen LogP contribution in [0.25, 0.3) is 0 Å². The van der Waals surface area contributed by atoms with E-state index in [9.17, 15) is 0 Å². The Hall–Kier alpha value is -0.650. The summed E-state index contributed by atoms with van der Waals surface area (Å²) in [7, 11) is 3.90. The standard InChI is InChI=1S/C16H29N3OS/c1-16(2,3)17-9-14-13(11-20-5)18-15(21-14)19(4)10-12-7-6-8-12/h12,17H,6-11H2,1-5H3. The Morgan fingerprint density at radius 2 is 2.10 bits per heavy atom. The minimum Gasteiger partial charge on any atom is -0.378 e. The third-order valence-electron chi connectivity index (χ3n) is 3.91. The summed E-state index contributed by atoms with van der Waals surface area (Å²) in [6.45, 7) is 9.15. The van der Waals surface area contributed by atoms with Crippen LogP contribution in [-0.4, -0.2) is 31.2 Å². The molecule has 0 aromatic carbocycles. The smallest absolute Gasteiger partial charge is 0.185 e. The lowest BCUT2D eigenvalue weighted by Gasteiger charge is -2.29. The van der Waals surface area contributed by atoms with E-state index in [1.54, 1.807) is 18.4 Å². The molecule has 0 amide bonds. The number of hydrogen-bond acceptors (Lipinski definition) is 5. The van der Waals surface area contributed by atoms with Crippen LogP contribution in [0, 0.1) is 5.92 Å². The molecule has 1 saturated carbocycles. The second kappa shape index (κ2) is 7.07. The van der Waals surface area contributed by atoms with Crippen molar-refractivity contribution >= 4 is 16.5 Å². The summed E-state index contributed by atoms with van der Waals surface area (Å²) in [5, 5.41) is 4.67. The van der Waals surface area contributed by atoms with E-state index in [-0.39, 0.29) is 5.54 Å². The van der Waals surface area contributed by atoms with Gasteiger partial charge in [-0.1, -0.05) is 6.42 Å². The van der Waals surface area contributed by atoms with Gasteiger partial charge in [0.1, 0.15) is 0 Å². The predicted molar refractivity (Wildman–Crippen MR) is 90.0 cm³/mol. The van der Waals surface area contributed by atoms with Gasteiger partial charge in [0.05, 0.1) is 12.3 Å². The largest absolute Gasteiger partial charge is 0.378 e. The first-order valence-corrected chi connectivity index (χ1v) is 8.64. The molecule has 2 rings (SSSR count). The van der Waals surface area contributed by atoms with Crippen molar-refractivity contribution in [2.45, 2.75) is 58.7 Å². The van der Waals surface area contributed by atoms with Crippen LogP contribution in [0.15, 0.2) is 0 Å². The van der Waals surface area contributed by atoms with E-state index in [1.165, 1.54) is 24.1 Å². The molecule has 1 aromatic heterocycles. The van der Waals surface area contributed by atoms with Crippen molar-refractivity contribution in [2.24, 2.45) is 5.92 Å². The van der Waals surface area contributed by atoms with Gasteiger partial charge in [0, 0.05) is 37.7 Å². The molecule has 1 heterocycles. The van der Waals surface area contributed by atoms with Crippen LogP contribution < -0.4 is 10.2 Å². The Labute approximate surface area is 132 Å². The minimum atomic E-state index is 0.117. The van der Waals surface area contributed by atoms with Crippen molar-refractivity contribution in [1.29, 1.82) is 0 Å². The Bertz CT molecular complexity index is 449. The van der Waals surface area contributed by atoms with Crippen molar-refractivity contribution in [3.63, 3.8) is 0 Å². The first-order chi connectivity index (χ1) is 9.89. The van der Waals surface area contributed by atoms with E-state index in [2.05, 4.69) is 38.0 Å². The number of nitrogens with one attached hydrogen (secondary N) is 1. The SMILES string of the molecule is COCc1nc(N(C)CC2CCC2)sc1CNC(C)(C)C. The van der Waals surface area contributed by atoms with Crippen molar-refractivity contribution in [3.05, 3.63) is 10.6 Å². The quantitative estimate of drug-likeness (QED) is 0.837. The second-order valence-corrected chi connectivity index (χ2v) is 8.14. The summed E-state index contributed by atoms with van der Waals surface area (Å²) in [4.78, 5) is 8.40. The summed E-state index contributed by atoms with van der Waals surface area (Å²) < 4.78 is 5.30. The molecule has 120 valence electrons. The summed E-state index contributed by atoms with van der Waals surface area (Å²) >= 11 is 1.80. The van der Waals surface area contributed by atoms with Gasteiger partial charge in [-0.2, -0.15) is 0 Å². The zero-order chi connectivity index (χ0) is 15.5. The van der Waals surface area contributed by atoms with E-state index >= 15 is 0 Å². The molecule has 0 bridgehead atoms. The maximum absolute atomic E-state index is 5.30. The van der Waals surface area contributed by atoms with E-state index in [1.807, 2.05) is 0 Å². The lowest BCUT2D eigenvalue weighted by atomic mass is 9.85. The average molecular weight is 311 g/mol. The van der Waals surface area contributed by atoms with Crippen LogP contribution in [0.4, 0.5) is 5.13 Å². The van der Waals surface area contributed by atoms with Crippen molar-refractivity contribution in [1.82, 2.24) is 10.3 Å². The molecular weight excluding hydrogens is 282 g/mol. The fourth-order valence-corrected chi connectivity index (χ4v) is 3.38. The van der Waals surface area contributed by atoms with Crippen LogP contribution in [0.1, 0.15) is 50.6 Å². The summed E-state index contributed by atoms with van der Waals surface area (Å²) in [6.07, 6.45) is 4.14. The molecule has 1 aliphatic rings. The number of aromatic nitrogens is 1. The second-order valence-electron chi connectivity index (χ2n) is 7.08. The zero-order valence-electron chi connectivity index (χ0n) is 14.0. The number of anilines is 1. The molecule has 1 aromatic rings. The maximum Gasteiger partial charge on any atom is 0.185 e. The van der Waals surface area contributed by atoms with Gasteiger partial charge < -0.3 is 15.0 Å². The third kappa shape index (κ3) is 4.94. The Kier molecular flexibility index (Phi) is 5.63. The first kappa shape index (κ1) is 16.7. The summed E-state index contributed by atoms with van der Waals surface area (Å²) in [6, 6.07) is 0. The monoisotopic (exact) mass is 311 g/mol. The highest BCUT2D eigenvalue weighted by molar-refractivity contribution is 7.15. The highest BCUT2D eigenvalue weighted by Crippen LogP contribution is 2.31. The molecule has 0 saturated heterocycles. The topological polar surface area (TPSA) is 37.4 Å². The van der Waals surface area contributed by atoms with Gasteiger partial charge in [-0.05, 0) is 39.5 Å². The highest BCUT2D eigenvalue weighted by atomic mass is 32.1. The third-order valence-corrected chi connectivity index (χ3v) is 5.12. The van der Waals surface area contributed by atoms with Crippen LogP contribution in [0.2, 0.25) is 0 Å². The zero-order valence-corrected chi connectivity index (χ0v) is 14.8. The molecule has 0 atom stereocenters. The first-order valence-electron chi connectivity index (χ1n) is 7.82. The van der Waals surface area contributed by atoms with Gasteiger partial charge in [-0.15, -0.1) is 11.3 Å². The van der Waals surface area contributed by atoms with Crippen molar-refractivity contribution in [3.8, 4) is 0 Å². The average Bonchev–Trinajstić information content (AvgIpc) is 2.74. The fourth-order valence-electron chi connectivity index (χ4n) is 2.41. The number of rotatable bonds is 7. The number of hydrogen-bond donors (Lipinski definition) is 1. The van der Waals surface area contributed by atoms with Gasteiger partial charge in [0.2, 0.25) is 0 Å². The molecular formula is C16H29N3OS. The Morgan fingerprint density at radius 3 is 2.62 bits per heavy atom. The molecule has 1 N–H and O–H groups in total. The Morgan fingerprint density at radius 1 is 1.38 bits per heavy atom. The van der Waals surface area contributed by atoms with Gasteiger partial charge in [-0.25, -0.2) is 4.98 Å². The number of methoxy groups -OCH3 is 1. The molecule has 1 fully saturated rings. The number of nitrogens with zero attached hydrogens (tertiary/aromatic N) is 2. The Balaban J connectivity index is 2.03. The van der Waals surface area contributed by atoms with Crippen LogP contribution >= 0.6 is 11.3 Å². The van der Waals surface area contributed by atoms with Gasteiger partial charge in [-0.3, -0.25) is 0 Å². The highest BCUT2D eigenvalue weighted by Gasteiger charge is 2.22. The maximum atomic E-state index is 5.30. The van der Waals surface area contributed by atoms with Gasteiger partial charge in [0.15, 0.2) is 5.13 Å². The molecule has 1 aliphatic carbocycles. The lowest BCUT2D eigenvalue weighted by Crippen LogP contribution is -2.35. The normalized spacial score (nSPS) is 16.0. The molecule has 4 nitrogen and oxygen atoms in total. The van der Waals surface area contributed by atoms with E-state index in [0.29, 0.717) is 6.61 Å². The minimum absolute atomic E-state index is 0.117. The number of thiazole rings is 1. The van der Waals surface area contributed by atoms with Crippen LogP contribution in [0.3, 0.4) is 0 Å². The lowest BCUT2D eigenvalue weighted by molar-refractivity contribution is 0.181. The van der Waals surface area contributed by atoms with Gasteiger partial charge in [0.25, 0.3) is 0 Å².